The number of carboxylic acid groups (broad SMARTS) is 1. The van der Waals surface area contributed by atoms with Crippen LogP contribution in [0.2, 0.25) is 0 Å². The number of hydrogen-bond donors (Lipinski definition) is 2. The molecule has 3 rings (SSSR count). The summed E-state index contributed by atoms with van der Waals surface area (Å²) in [4.78, 5) is 17.7. The molecule has 3 N–H and O–H groups in total. The van der Waals surface area contributed by atoms with E-state index in [2.05, 4.69) is 4.98 Å². The summed E-state index contributed by atoms with van der Waals surface area (Å²) < 4.78 is 5.78. The van der Waals surface area contributed by atoms with E-state index >= 15 is 0 Å². The number of halogens is 1. The minimum atomic E-state index is -0.850. The Morgan fingerprint density at radius 3 is 2.75 bits per heavy atom. The summed E-state index contributed by atoms with van der Waals surface area (Å²) >= 11 is 1.59. The van der Waals surface area contributed by atoms with E-state index in [4.69, 9.17) is 15.6 Å². The van der Waals surface area contributed by atoms with Gasteiger partial charge in [-0.15, -0.1) is 23.7 Å². The number of rotatable bonds is 5. The molecule has 0 saturated carbocycles. The van der Waals surface area contributed by atoms with Crippen molar-refractivity contribution in [3.63, 3.8) is 0 Å². The minimum absolute atomic E-state index is 0. The van der Waals surface area contributed by atoms with Crippen LogP contribution >= 0.6 is 23.7 Å². The third-order valence-electron chi connectivity index (χ3n) is 3.90. The molecule has 2 heterocycles. The molecule has 1 saturated heterocycles. The van der Waals surface area contributed by atoms with Crippen molar-refractivity contribution in [3.8, 4) is 16.3 Å². The van der Waals surface area contributed by atoms with Gasteiger partial charge >= 0.3 is 6.09 Å². The number of ether oxygens (including phenoxy) is 1. The first-order valence-corrected chi connectivity index (χ1v) is 8.33. The van der Waals surface area contributed by atoms with Gasteiger partial charge in [0.15, 0.2) is 0 Å². The lowest BCUT2D eigenvalue weighted by atomic mass is 10.1. The fourth-order valence-corrected chi connectivity index (χ4v) is 3.38. The molecule has 0 aliphatic carbocycles. The lowest BCUT2D eigenvalue weighted by Gasteiger charge is -2.13. The molecule has 1 amide bonds. The second-order valence-electron chi connectivity index (χ2n) is 5.55. The third-order valence-corrected chi connectivity index (χ3v) is 4.97. The van der Waals surface area contributed by atoms with E-state index < -0.39 is 6.09 Å². The molecular formula is C16H20ClN3O3S. The Morgan fingerprint density at radius 2 is 2.17 bits per heavy atom. The van der Waals surface area contributed by atoms with Gasteiger partial charge in [-0.1, -0.05) is 0 Å². The SMILES string of the molecule is Cl.NCc1cnc(-c2ccc(OC[C@H]3CCN(C(=O)O)C3)cc2)s1. The van der Waals surface area contributed by atoms with Crippen LogP contribution in [0.1, 0.15) is 11.3 Å². The molecule has 1 aromatic heterocycles. The predicted octanol–water partition coefficient (Wildman–Crippen LogP) is 3.07. The Bertz CT molecular complexity index is 677. The van der Waals surface area contributed by atoms with Crippen LogP contribution in [0.5, 0.6) is 5.75 Å². The largest absolute Gasteiger partial charge is 0.493 e. The van der Waals surface area contributed by atoms with E-state index in [1.54, 1.807) is 17.5 Å². The number of benzene rings is 1. The summed E-state index contributed by atoms with van der Waals surface area (Å²) in [6.07, 6.45) is 1.81. The second kappa shape index (κ2) is 8.32. The van der Waals surface area contributed by atoms with Gasteiger partial charge in [0.2, 0.25) is 0 Å². The molecule has 1 aromatic carbocycles. The Hall–Kier alpha value is -1.83. The van der Waals surface area contributed by atoms with Crippen molar-refractivity contribution in [2.75, 3.05) is 19.7 Å². The highest BCUT2D eigenvalue weighted by Crippen LogP contribution is 2.27. The van der Waals surface area contributed by atoms with Gasteiger partial charge < -0.3 is 20.5 Å². The molecule has 1 atom stereocenters. The van der Waals surface area contributed by atoms with E-state index in [-0.39, 0.29) is 18.3 Å². The van der Waals surface area contributed by atoms with E-state index in [1.807, 2.05) is 24.3 Å². The molecule has 6 nitrogen and oxygen atoms in total. The van der Waals surface area contributed by atoms with Crippen LogP contribution in [0.4, 0.5) is 4.79 Å². The van der Waals surface area contributed by atoms with E-state index in [9.17, 15) is 4.79 Å². The number of amides is 1. The van der Waals surface area contributed by atoms with Gasteiger partial charge in [0.1, 0.15) is 10.8 Å². The quantitative estimate of drug-likeness (QED) is 0.845. The fraction of sp³-hybridized carbons (Fsp3) is 0.375. The van der Waals surface area contributed by atoms with Crippen LogP contribution in [0, 0.1) is 5.92 Å². The van der Waals surface area contributed by atoms with E-state index in [1.165, 1.54) is 4.90 Å². The van der Waals surface area contributed by atoms with Crippen molar-refractivity contribution in [1.29, 1.82) is 0 Å². The monoisotopic (exact) mass is 369 g/mol. The zero-order chi connectivity index (χ0) is 16.2. The normalized spacial score (nSPS) is 16.7. The summed E-state index contributed by atoms with van der Waals surface area (Å²) in [5, 5.41) is 9.90. The minimum Gasteiger partial charge on any atom is -0.493 e. The smallest absolute Gasteiger partial charge is 0.407 e. The van der Waals surface area contributed by atoms with Gasteiger partial charge in [-0.3, -0.25) is 0 Å². The van der Waals surface area contributed by atoms with Crippen molar-refractivity contribution in [3.05, 3.63) is 35.3 Å². The number of hydrogen-bond acceptors (Lipinski definition) is 5. The highest BCUT2D eigenvalue weighted by atomic mass is 35.5. The maximum absolute atomic E-state index is 10.9. The molecule has 0 spiro atoms. The maximum Gasteiger partial charge on any atom is 0.407 e. The summed E-state index contributed by atoms with van der Waals surface area (Å²) in [5.74, 6) is 1.05. The second-order valence-corrected chi connectivity index (χ2v) is 6.67. The summed E-state index contributed by atoms with van der Waals surface area (Å²) in [5.41, 5.74) is 6.64. The van der Waals surface area contributed by atoms with Crippen molar-refractivity contribution in [1.82, 2.24) is 9.88 Å². The number of nitrogens with two attached hydrogens (primary N) is 1. The molecule has 0 bridgehead atoms. The lowest BCUT2D eigenvalue weighted by Crippen LogP contribution is -2.27. The average Bonchev–Trinajstić information content (AvgIpc) is 3.23. The lowest BCUT2D eigenvalue weighted by molar-refractivity contribution is 0.151. The Labute approximate surface area is 150 Å². The highest BCUT2D eigenvalue weighted by Gasteiger charge is 2.26. The van der Waals surface area contributed by atoms with Crippen molar-refractivity contribution in [2.45, 2.75) is 13.0 Å². The van der Waals surface area contributed by atoms with Crippen molar-refractivity contribution >= 4 is 29.8 Å². The summed E-state index contributed by atoms with van der Waals surface area (Å²) in [6, 6.07) is 7.80. The number of carbonyl (C=O) groups is 1. The first-order chi connectivity index (χ1) is 11.2. The maximum atomic E-state index is 10.9. The molecule has 0 radical (unpaired) electrons. The third kappa shape index (κ3) is 4.37. The zero-order valence-electron chi connectivity index (χ0n) is 13.1. The standard InChI is InChI=1S/C16H19N3O3S.ClH/c17-7-14-8-18-15(23-14)12-1-3-13(4-2-12)22-10-11-5-6-19(9-11)16(20)21;/h1-4,8,11H,5-7,9-10,17H2,(H,20,21);1H/t11-;/m0./s1. The Kier molecular flexibility index (Phi) is 6.42. The molecule has 8 heteroatoms. The van der Waals surface area contributed by atoms with Crippen LogP contribution in [0.25, 0.3) is 10.6 Å². The molecule has 1 aliphatic heterocycles. The molecular weight excluding hydrogens is 350 g/mol. The van der Waals surface area contributed by atoms with Gasteiger partial charge in [0.05, 0.1) is 6.61 Å². The summed E-state index contributed by atoms with van der Waals surface area (Å²) in [6.45, 7) is 2.19. The molecule has 0 unspecified atom stereocenters. The highest BCUT2D eigenvalue weighted by molar-refractivity contribution is 7.15. The Balaban J connectivity index is 0.00000208. The van der Waals surface area contributed by atoms with Crippen LogP contribution < -0.4 is 10.5 Å². The van der Waals surface area contributed by atoms with Gasteiger partial charge in [-0.25, -0.2) is 9.78 Å². The van der Waals surface area contributed by atoms with Crippen LogP contribution in [-0.4, -0.2) is 40.8 Å². The molecule has 1 fully saturated rings. The van der Waals surface area contributed by atoms with Crippen molar-refractivity contribution < 1.29 is 14.6 Å². The van der Waals surface area contributed by atoms with Gasteiger partial charge in [-0.2, -0.15) is 0 Å². The van der Waals surface area contributed by atoms with Gasteiger partial charge in [0.25, 0.3) is 0 Å². The summed E-state index contributed by atoms with van der Waals surface area (Å²) in [7, 11) is 0. The number of aromatic nitrogens is 1. The van der Waals surface area contributed by atoms with E-state index in [0.717, 1.165) is 27.6 Å². The number of thiazole rings is 1. The predicted molar refractivity (Wildman–Crippen MR) is 95.9 cm³/mol. The molecule has 1 aliphatic rings. The topological polar surface area (TPSA) is 88.7 Å². The number of nitrogens with zero attached hydrogens (tertiary/aromatic N) is 2. The molecule has 2 aromatic rings. The molecule has 130 valence electrons. The first kappa shape index (κ1) is 18.5. The van der Waals surface area contributed by atoms with Crippen molar-refractivity contribution in [2.24, 2.45) is 11.7 Å². The average molecular weight is 370 g/mol. The van der Waals surface area contributed by atoms with Gasteiger partial charge in [-0.05, 0) is 30.7 Å². The van der Waals surface area contributed by atoms with Crippen LogP contribution in [0.15, 0.2) is 30.5 Å². The van der Waals surface area contributed by atoms with Gasteiger partial charge in [0, 0.05) is 42.2 Å². The first-order valence-electron chi connectivity index (χ1n) is 7.51. The zero-order valence-corrected chi connectivity index (χ0v) is 14.7. The van der Waals surface area contributed by atoms with E-state index in [0.29, 0.717) is 26.2 Å². The van der Waals surface area contributed by atoms with Crippen LogP contribution in [0.3, 0.4) is 0 Å². The Morgan fingerprint density at radius 1 is 1.42 bits per heavy atom. The van der Waals surface area contributed by atoms with Crippen LogP contribution in [-0.2, 0) is 6.54 Å². The molecule has 24 heavy (non-hydrogen) atoms. The number of likely N-dealkylation sites (tertiary alicyclic amines) is 1. The fourth-order valence-electron chi connectivity index (χ4n) is 2.59.